The van der Waals surface area contributed by atoms with Gasteiger partial charge in [0, 0.05) is 25.2 Å². The number of nitrogens with zero attached hydrogens (tertiary/aromatic N) is 4. The Hall–Kier alpha value is -3.44. The van der Waals surface area contributed by atoms with Crippen LogP contribution >= 0.6 is 0 Å². The van der Waals surface area contributed by atoms with Crippen molar-refractivity contribution in [2.24, 2.45) is 0 Å². The van der Waals surface area contributed by atoms with E-state index in [0.717, 1.165) is 36.8 Å². The summed E-state index contributed by atoms with van der Waals surface area (Å²) in [5.41, 5.74) is 1.51. The van der Waals surface area contributed by atoms with Crippen molar-refractivity contribution in [3.63, 3.8) is 0 Å². The smallest absolute Gasteiger partial charge is 0.293 e. The molecule has 2 aromatic carbocycles. The van der Waals surface area contributed by atoms with Gasteiger partial charge in [0.05, 0.1) is 19.1 Å². The fourth-order valence-electron chi connectivity index (χ4n) is 3.83. The summed E-state index contributed by atoms with van der Waals surface area (Å²) in [6, 6.07) is 14.6. The summed E-state index contributed by atoms with van der Waals surface area (Å²) in [6.45, 7) is 1.80. The molecule has 0 atom stereocenters. The average Bonchev–Trinajstić information content (AvgIpc) is 3.32. The van der Waals surface area contributed by atoms with Gasteiger partial charge in [-0.1, -0.05) is 0 Å². The van der Waals surface area contributed by atoms with Crippen LogP contribution < -0.4 is 14.2 Å². The molecule has 1 aliphatic rings. The molecule has 0 saturated carbocycles. The third-order valence-corrected chi connectivity index (χ3v) is 6.33. The highest BCUT2D eigenvalue weighted by Gasteiger charge is 2.24. The molecule has 1 N–H and O–H groups in total. The molecule has 3 aromatic rings. The van der Waals surface area contributed by atoms with Crippen molar-refractivity contribution >= 4 is 15.9 Å². The predicted molar refractivity (Wildman–Crippen MR) is 131 cm³/mol. The molecule has 1 aliphatic heterocycles. The monoisotopic (exact) mass is 499 g/mol. The fourth-order valence-corrected chi connectivity index (χ4v) is 4.28. The molecule has 0 bridgehead atoms. The van der Waals surface area contributed by atoms with Crippen molar-refractivity contribution in [3.8, 4) is 28.6 Å². The SMILES string of the molecule is COc1ccc(-n2nc(C(=O)N3CCCCC3)nc2-c2ccc(OCCNS(C)(=O)=O)cc2)cc1. The van der Waals surface area contributed by atoms with Crippen molar-refractivity contribution in [3.05, 3.63) is 54.4 Å². The first-order chi connectivity index (χ1) is 16.8. The topological polar surface area (TPSA) is 116 Å². The number of amides is 1. The highest BCUT2D eigenvalue weighted by atomic mass is 32.2. The standard InChI is InChI=1S/C24H29N5O5S/c1-33-20-12-8-19(9-13-20)29-23(26-22(27-29)24(30)28-15-4-3-5-16-28)18-6-10-21(11-7-18)34-17-14-25-35(2,31)32/h6-13,25H,3-5,14-17H2,1-2H3. The molecule has 4 rings (SSSR count). The Kier molecular flexibility index (Phi) is 7.67. The minimum absolute atomic E-state index is 0.157. The minimum atomic E-state index is -3.26. The summed E-state index contributed by atoms with van der Waals surface area (Å²) in [6.07, 6.45) is 4.20. The molecule has 0 aliphatic carbocycles. The Morgan fingerprint density at radius 2 is 1.66 bits per heavy atom. The van der Waals surface area contributed by atoms with Gasteiger partial charge in [-0.05, 0) is 67.8 Å². The van der Waals surface area contributed by atoms with Gasteiger partial charge in [0.15, 0.2) is 5.82 Å². The molecule has 2 heterocycles. The van der Waals surface area contributed by atoms with Crippen LogP contribution in [0.25, 0.3) is 17.1 Å². The second-order valence-corrected chi connectivity index (χ2v) is 10.1. The van der Waals surface area contributed by atoms with E-state index in [1.807, 2.05) is 41.3 Å². The van der Waals surface area contributed by atoms with Gasteiger partial charge in [0.1, 0.15) is 18.1 Å². The number of nitrogens with one attached hydrogen (secondary N) is 1. The molecule has 35 heavy (non-hydrogen) atoms. The Morgan fingerprint density at radius 1 is 1.00 bits per heavy atom. The minimum Gasteiger partial charge on any atom is -0.497 e. The van der Waals surface area contributed by atoms with Crippen LogP contribution in [-0.4, -0.2) is 73.6 Å². The summed E-state index contributed by atoms with van der Waals surface area (Å²) in [5.74, 6) is 1.82. The Morgan fingerprint density at radius 3 is 2.29 bits per heavy atom. The Labute approximate surface area is 204 Å². The molecule has 0 unspecified atom stereocenters. The van der Waals surface area contributed by atoms with E-state index in [0.29, 0.717) is 30.4 Å². The number of rotatable bonds is 9. The number of carbonyl (C=O) groups excluding carboxylic acids is 1. The first kappa shape index (κ1) is 24.7. The predicted octanol–water partition coefficient (Wildman–Crippen LogP) is 2.50. The highest BCUT2D eigenvalue weighted by Crippen LogP contribution is 2.25. The van der Waals surface area contributed by atoms with E-state index < -0.39 is 10.0 Å². The van der Waals surface area contributed by atoms with Gasteiger partial charge in [0.2, 0.25) is 15.8 Å². The zero-order valence-corrected chi connectivity index (χ0v) is 20.6. The van der Waals surface area contributed by atoms with Gasteiger partial charge in [-0.3, -0.25) is 4.79 Å². The number of hydrogen-bond acceptors (Lipinski definition) is 7. The van der Waals surface area contributed by atoms with Crippen LogP contribution in [0.1, 0.15) is 29.9 Å². The van der Waals surface area contributed by atoms with Crippen LogP contribution in [-0.2, 0) is 10.0 Å². The summed E-state index contributed by atoms with van der Waals surface area (Å²) < 4.78 is 37.2. The van der Waals surface area contributed by atoms with Gasteiger partial charge < -0.3 is 14.4 Å². The molecule has 1 amide bonds. The van der Waals surface area contributed by atoms with Crippen LogP contribution in [0.4, 0.5) is 0 Å². The normalized spacial score (nSPS) is 14.1. The van der Waals surface area contributed by atoms with E-state index in [-0.39, 0.29) is 24.9 Å². The van der Waals surface area contributed by atoms with Crippen LogP contribution in [0, 0.1) is 0 Å². The molecule has 1 fully saturated rings. The largest absolute Gasteiger partial charge is 0.497 e. The quantitative estimate of drug-likeness (QED) is 0.450. The molecule has 11 heteroatoms. The van der Waals surface area contributed by atoms with E-state index in [1.54, 1.807) is 23.9 Å². The third kappa shape index (κ3) is 6.37. The number of sulfonamides is 1. The number of benzene rings is 2. The van der Waals surface area contributed by atoms with E-state index >= 15 is 0 Å². The molecule has 10 nitrogen and oxygen atoms in total. The molecule has 0 radical (unpaired) electrons. The van der Waals surface area contributed by atoms with Crippen LogP contribution in [0.15, 0.2) is 48.5 Å². The lowest BCUT2D eigenvalue weighted by Gasteiger charge is -2.25. The average molecular weight is 500 g/mol. The van der Waals surface area contributed by atoms with Gasteiger partial charge in [-0.2, -0.15) is 0 Å². The number of likely N-dealkylation sites (tertiary alicyclic amines) is 1. The third-order valence-electron chi connectivity index (χ3n) is 5.61. The fraction of sp³-hybridized carbons (Fsp3) is 0.375. The van der Waals surface area contributed by atoms with Gasteiger partial charge in [0.25, 0.3) is 5.91 Å². The second kappa shape index (κ2) is 10.9. The summed E-state index contributed by atoms with van der Waals surface area (Å²) in [5, 5.41) is 4.57. The first-order valence-electron chi connectivity index (χ1n) is 11.4. The van der Waals surface area contributed by atoms with Crippen molar-refractivity contribution in [2.75, 3.05) is 39.6 Å². The van der Waals surface area contributed by atoms with E-state index in [4.69, 9.17) is 9.47 Å². The maximum Gasteiger partial charge on any atom is 0.293 e. The Balaban J connectivity index is 1.59. The molecule has 0 spiro atoms. The van der Waals surface area contributed by atoms with E-state index in [2.05, 4.69) is 14.8 Å². The lowest BCUT2D eigenvalue weighted by Crippen LogP contribution is -2.36. The number of carbonyl (C=O) groups is 1. The number of aromatic nitrogens is 3. The molecule has 1 saturated heterocycles. The number of hydrogen-bond donors (Lipinski definition) is 1. The molecular formula is C24H29N5O5S. The van der Waals surface area contributed by atoms with Gasteiger partial charge in [-0.25, -0.2) is 22.8 Å². The van der Waals surface area contributed by atoms with Crippen LogP contribution in [0.3, 0.4) is 0 Å². The van der Waals surface area contributed by atoms with Crippen molar-refractivity contribution < 1.29 is 22.7 Å². The zero-order chi connectivity index (χ0) is 24.8. The maximum atomic E-state index is 13.1. The lowest BCUT2D eigenvalue weighted by atomic mass is 10.1. The first-order valence-corrected chi connectivity index (χ1v) is 13.3. The second-order valence-electron chi connectivity index (χ2n) is 8.26. The van der Waals surface area contributed by atoms with Crippen molar-refractivity contribution in [1.82, 2.24) is 24.4 Å². The molecular weight excluding hydrogens is 470 g/mol. The number of methoxy groups -OCH3 is 1. The van der Waals surface area contributed by atoms with Gasteiger partial charge in [-0.15, -0.1) is 5.10 Å². The van der Waals surface area contributed by atoms with Crippen LogP contribution in [0.2, 0.25) is 0 Å². The van der Waals surface area contributed by atoms with Crippen LogP contribution in [0.5, 0.6) is 11.5 Å². The zero-order valence-electron chi connectivity index (χ0n) is 19.8. The van der Waals surface area contributed by atoms with E-state index in [1.165, 1.54) is 0 Å². The Bertz CT molecular complexity index is 1250. The summed E-state index contributed by atoms with van der Waals surface area (Å²) >= 11 is 0. The van der Waals surface area contributed by atoms with Crippen molar-refractivity contribution in [1.29, 1.82) is 0 Å². The molecule has 186 valence electrons. The maximum absolute atomic E-state index is 13.1. The number of ether oxygens (including phenoxy) is 2. The number of piperidine rings is 1. The summed E-state index contributed by atoms with van der Waals surface area (Å²) in [7, 11) is -1.65. The van der Waals surface area contributed by atoms with E-state index in [9.17, 15) is 13.2 Å². The lowest BCUT2D eigenvalue weighted by molar-refractivity contribution is 0.0712. The molecule has 1 aromatic heterocycles. The van der Waals surface area contributed by atoms with Crippen molar-refractivity contribution in [2.45, 2.75) is 19.3 Å². The van der Waals surface area contributed by atoms with Gasteiger partial charge >= 0.3 is 0 Å². The summed E-state index contributed by atoms with van der Waals surface area (Å²) in [4.78, 5) is 19.5. The highest BCUT2D eigenvalue weighted by molar-refractivity contribution is 7.88.